The van der Waals surface area contributed by atoms with Gasteiger partial charge in [-0.05, 0) is 46.6 Å². The number of hydrogen-bond acceptors (Lipinski definition) is 4. The van der Waals surface area contributed by atoms with Gasteiger partial charge in [0.1, 0.15) is 10.4 Å². The molecule has 0 aliphatic heterocycles. The van der Waals surface area contributed by atoms with Crippen LogP contribution in [0, 0.1) is 6.92 Å². The second kappa shape index (κ2) is 5.73. The van der Waals surface area contributed by atoms with Crippen molar-refractivity contribution >= 4 is 27.3 Å². The van der Waals surface area contributed by atoms with Crippen LogP contribution in [0.1, 0.15) is 11.3 Å². The second-order valence-electron chi connectivity index (χ2n) is 4.72. The van der Waals surface area contributed by atoms with Gasteiger partial charge in [-0.2, -0.15) is 0 Å². The van der Waals surface area contributed by atoms with Gasteiger partial charge in [-0.25, -0.2) is 9.97 Å². The molecule has 2 heterocycles. The molecule has 0 aliphatic carbocycles. The van der Waals surface area contributed by atoms with Crippen molar-refractivity contribution in [3.8, 4) is 5.75 Å². The van der Waals surface area contributed by atoms with Crippen molar-refractivity contribution in [2.24, 2.45) is 0 Å². The quantitative estimate of drug-likeness (QED) is 0.786. The highest BCUT2D eigenvalue weighted by molar-refractivity contribution is 9.10. The van der Waals surface area contributed by atoms with Gasteiger partial charge in [0.05, 0.1) is 31.7 Å². The van der Waals surface area contributed by atoms with E-state index < -0.39 is 0 Å². The third-order valence-corrected chi connectivity index (χ3v) is 3.74. The van der Waals surface area contributed by atoms with Gasteiger partial charge in [0.2, 0.25) is 0 Å². The summed E-state index contributed by atoms with van der Waals surface area (Å²) < 4.78 is 8.02. The first-order valence-corrected chi connectivity index (χ1v) is 7.32. The molecule has 3 aromatic rings. The smallest absolute Gasteiger partial charge is 0.155 e. The van der Waals surface area contributed by atoms with E-state index in [1.807, 2.05) is 35.0 Å². The maximum absolute atomic E-state index is 5.22. The molecule has 0 atom stereocenters. The molecule has 0 saturated heterocycles. The zero-order valence-corrected chi connectivity index (χ0v) is 13.4. The summed E-state index contributed by atoms with van der Waals surface area (Å²) in [7, 11) is 1.67. The molecular formula is C15H15BrN4O. The number of halogens is 1. The lowest BCUT2D eigenvalue weighted by molar-refractivity contribution is 0.414. The SMILES string of the molecule is COc1ccc(NCc2cnc3cnc(Br)cn23)c(C)c1. The molecule has 0 aliphatic rings. The van der Waals surface area contributed by atoms with Crippen molar-refractivity contribution in [3.63, 3.8) is 0 Å². The van der Waals surface area contributed by atoms with Crippen LogP contribution in [0.15, 0.2) is 41.4 Å². The number of nitrogens with zero attached hydrogens (tertiary/aromatic N) is 3. The zero-order valence-electron chi connectivity index (χ0n) is 11.8. The summed E-state index contributed by atoms with van der Waals surface area (Å²) in [6.07, 6.45) is 5.52. The number of benzene rings is 1. The van der Waals surface area contributed by atoms with Gasteiger partial charge in [-0.1, -0.05) is 0 Å². The summed E-state index contributed by atoms with van der Waals surface area (Å²) in [4.78, 5) is 8.51. The minimum absolute atomic E-state index is 0.685. The van der Waals surface area contributed by atoms with E-state index in [0.29, 0.717) is 6.54 Å². The van der Waals surface area contributed by atoms with Crippen molar-refractivity contribution < 1.29 is 4.74 Å². The topological polar surface area (TPSA) is 51.5 Å². The Kier molecular flexibility index (Phi) is 3.79. The van der Waals surface area contributed by atoms with Gasteiger partial charge in [0, 0.05) is 11.9 Å². The summed E-state index contributed by atoms with van der Waals surface area (Å²) in [6.45, 7) is 2.74. The molecule has 6 heteroatoms. The van der Waals surface area contributed by atoms with Gasteiger partial charge in [0.15, 0.2) is 5.65 Å². The minimum atomic E-state index is 0.685. The van der Waals surface area contributed by atoms with E-state index in [2.05, 4.69) is 38.1 Å². The molecule has 3 rings (SSSR count). The van der Waals surface area contributed by atoms with Crippen molar-refractivity contribution in [1.29, 1.82) is 0 Å². The van der Waals surface area contributed by atoms with E-state index in [9.17, 15) is 0 Å². The Balaban J connectivity index is 1.82. The molecule has 1 N–H and O–H groups in total. The fraction of sp³-hybridized carbons (Fsp3) is 0.200. The monoisotopic (exact) mass is 346 g/mol. The first kappa shape index (κ1) is 13.9. The largest absolute Gasteiger partial charge is 0.497 e. The third-order valence-electron chi connectivity index (χ3n) is 3.33. The lowest BCUT2D eigenvalue weighted by Crippen LogP contribution is -2.04. The summed E-state index contributed by atoms with van der Waals surface area (Å²) in [5.74, 6) is 0.864. The lowest BCUT2D eigenvalue weighted by Gasteiger charge is -2.10. The fourth-order valence-corrected chi connectivity index (χ4v) is 2.50. The molecule has 0 fully saturated rings. The summed E-state index contributed by atoms with van der Waals surface area (Å²) >= 11 is 3.38. The molecule has 108 valence electrons. The Labute approximate surface area is 131 Å². The number of ether oxygens (including phenoxy) is 1. The maximum Gasteiger partial charge on any atom is 0.155 e. The highest BCUT2D eigenvalue weighted by atomic mass is 79.9. The molecule has 0 amide bonds. The number of anilines is 1. The molecule has 0 spiro atoms. The molecule has 0 radical (unpaired) electrons. The minimum Gasteiger partial charge on any atom is -0.497 e. The van der Waals surface area contributed by atoms with Crippen molar-refractivity contribution in [2.75, 3.05) is 12.4 Å². The number of imidazole rings is 1. The predicted molar refractivity (Wildman–Crippen MR) is 85.7 cm³/mol. The van der Waals surface area contributed by atoms with E-state index in [1.165, 1.54) is 0 Å². The molecule has 21 heavy (non-hydrogen) atoms. The third kappa shape index (κ3) is 2.85. The van der Waals surface area contributed by atoms with Crippen LogP contribution in [-0.2, 0) is 6.54 Å². The van der Waals surface area contributed by atoms with Crippen LogP contribution < -0.4 is 10.1 Å². The van der Waals surface area contributed by atoms with Crippen LogP contribution in [0.4, 0.5) is 5.69 Å². The molecule has 0 unspecified atom stereocenters. The molecule has 2 aromatic heterocycles. The van der Waals surface area contributed by atoms with Crippen LogP contribution in [0.3, 0.4) is 0 Å². The van der Waals surface area contributed by atoms with Gasteiger partial charge in [-0.3, -0.25) is 4.40 Å². The first-order valence-electron chi connectivity index (χ1n) is 6.53. The number of aryl methyl sites for hydroxylation is 1. The standard InChI is InChI=1S/C15H15BrN4O/c1-10-5-12(21-2)3-4-13(10)17-6-11-7-19-15-8-18-14(16)9-20(11)15/h3-5,7-9,17H,6H2,1-2H3. The van der Waals surface area contributed by atoms with E-state index in [-0.39, 0.29) is 0 Å². The number of methoxy groups -OCH3 is 1. The molecular weight excluding hydrogens is 332 g/mol. The average molecular weight is 347 g/mol. The van der Waals surface area contributed by atoms with Gasteiger partial charge in [-0.15, -0.1) is 0 Å². The Morgan fingerprint density at radius 2 is 2.14 bits per heavy atom. The molecule has 5 nitrogen and oxygen atoms in total. The highest BCUT2D eigenvalue weighted by Crippen LogP contribution is 2.21. The van der Waals surface area contributed by atoms with E-state index >= 15 is 0 Å². The fourth-order valence-electron chi connectivity index (χ4n) is 2.19. The summed E-state index contributed by atoms with van der Waals surface area (Å²) in [5.41, 5.74) is 4.13. The number of fused-ring (bicyclic) bond motifs is 1. The van der Waals surface area contributed by atoms with E-state index in [4.69, 9.17) is 4.74 Å². The number of nitrogens with one attached hydrogen (secondary N) is 1. The normalized spacial score (nSPS) is 10.8. The predicted octanol–water partition coefficient (Wildman–Crippen LogP) is 3.42. The Morgan fingerprint density at radius 1 is 1.29 bits per heavy atom. The molecule has 0 saturated carbocycles. The summed E-state index contributed by atoms with van der Waals surface area (Å²) in [6, 6.07) is 5.98. The van der Waals surface area contributed by atoms with Crippen LogP contribution >= 0.6 is 15.9 Å². The van der Waals surface area contributed by atoms with E-state index in [0.717, 1.165) is 32.9 Å². The second-order valence-corrected chi connectivity index (χ2v) is 5.53. The number of hydrogen-bond donors (Lipinski definition) is 1. The van der Waals surface area contributed by atoms with Crippen LogP contribution in [0.5, 0.6) is 5.75 Å². The number of rotatable bonds is 4. The average Bonchev–Trinajstić information content (AvgIpc) is 2.88. The Hall–Kier alpha value is -2.08. The Bertz CT molecular complexity index is 784. The van der Waals surface area contributed by atoms with Crippen molar-refractivity contribution in [1.82, 2.24) is 14.4 Å². The number of aromatic nitrogens is 3. The van der Waals surface area contributed by atoms with Crippen LogP contribution in [-0.4, -0.2) is 21.5 Å². The Morgan fingerprint density at radius 3 is 2.90 bits per heavy atom. The van der Waals surface area contributed by atoms with Crippen molar-refractivity contribution in [3.05, 3.63) is 52.7 Å². The lowest BCUT2D eigenvalue weighted by atomic mass is 10.2. The first-order chi connectivity index (χ1) is 10.2. The van der Waals surface area contributed by atoms with Crippen LogP contribution in [0.25, 0.3) is 5.65 Å². The summed E-state index contributed by atoms with van der Waals surface area (Å²) in [5, 5.41) is 3.43. The highest BCUT2D eigenvalue weighted by Gasteiger charge is 2.05. The maximum atomic E-state index is 5.22. The zero-order chi connectivity index (χ0) is 14.8. The van der Waals surface area contributed by atoms with Gasteiger partial charge < -0.3 is 10.1 Å². The molecule has 1 aromatic carbocycles. The van der Waals surface area contributed by atoms with Gasteiger partial charge in [0.25, 0.3) is 0 Å². The van der Waals surface area contributed by atoms with Gasteiger partial charge >= 0.3 is 0 Å². The van der Waals surface area contributed by atoms with Crippen LogP contribution in [0.2, 0.25) is 0 Å². The van der Waals surface area contributed by atoms with Crippen molar-refractivity contribution in [2.45, 2.75) is 13.5 Å². The van der Waals surface area contributed by atoms with E-state index in [1.54, 1.807) is 13.3 Å². The molecule has 0 bridgehead atoms.